The Labute approximate surface area is 139 Å². The maximum Gasteiger partial charge on any atom is 0.0377 e. The van der Waals surface area contributed by atoms with Gasteiger partial charge in [0.2, 0.25) is 0 Å². The molecule has 4 rings (SSSR count). The van der Waals surface area contributed by atoms with Crippen molar-refractivity contribution in [3.8, 4) is 0 Å². The highest BCUT2D eigenvalue weighted by atomic mass is 32.2. The van der Waals surface area contributed by atoms with E-state index in [1.165, 1.54) is 44.8 Å². The van der Waals surface area contributed by atoms with Gasteiger partial charge in [0.25, 0.3) is 0 Å². The van der Waals surface area contributed by atoms with E-state index in [4.69, 9.17) is 0 Å². The van der Waals surface area contributed by atoms with Crippen LogP contribution in [0.25, 0.3) is 12.2 Å². The van der Waals surface area contributed by atoms with Gasteiger partial charge >= 0.3 is 0 Å². The van der Waals surface area contributed by atoms with Crippen LogP contribution >= 0.6 is 23.9 Å². The molecule has 0 aliphatic carbocycles. The van der Waals surface area contributed by atoms with Crippen molar-refractivity contribution in [3.63, 3.8) is 0 Å². The molecule has 0 spiro atoms. The van der Waals surface area contributed by atoms with Crippen LogP contribution in [0.1, 0.15) is 11.1 Å². The summed E-state index contributed by atoms with van der Waals surface area (Å²) in [6.07, 6.45) is 11.7. The molecule has 0 saturated heterocycles. The number of hydrogen-bond donors (Lipinski definition) is 0. The van der Waals surface area contributed by atoms with E-state index in [9.17, 15) is 0 Å². The van der Waals surface area contributed by atoms with E-state index < -0.39 is 0 Å². The van der Waals surface area contributed by atoms with Gasteiger partial charge < -0.3 is 0 Å². The Morgan fingerprint density at radius 2 is 1.05 bits per heavy atom. The highest BCUT2D eigenvalue weighted by Crippen LogP contribution is 2.26. The van der Waals surface area contributed by atoms with Crippen LogP contribution < -0.4 is 0 Å². The normalized spacial score (nSPS) is 14.2. The van der Waals surface area contributed by atoms with Crippen molar-refractivity contribution in [1.29, 1.82) is 0 Å². The van der Waals surface area contributed by atoms with Gasteiger partial charge in [-0.05, 0) is 35.4 Å². The van der Waals surface area contributed by atoms with E-state index in [1.807, 2.05) is 48.8 Å². The zero-order chi connectivity index (χ0) is 15.0. The topological polar surface area (TPSA) is 24.7 Å². The van der Waals surface area contributed by atoms with Crippen LogP contribution in [-0.4, -0.2) is 12.4 Å². The molecule has 0 radical (unpaired) electrons. The second-order valence-corrected chi connectivity index (χ2v) is 6.15. The summed E-state index contributed by atoms with van der Waals surface area (Å²) in [5.74, 6) is 0. The largest absolute Gasteiger partial charge is 0.219 e. The van der Waals surface area contributed by atoms with Crippen molar-refractivity contribution in [2.24, 2.45) is 8.80 Å². The lowest BCUT2D eigenvalue weighted by Crippen LogP contribution is -1.73. The summed E-state index contributed by atoms with van der Waals surface area (Å²) in [5, 5.41) is 0. The molecule has 2 aliphatic rings. The Balaban J connectivity index is 0.000000131. The molecule has 0 saturated carbocycles. The van der Waals surface area contributed by atoms with Crippen molar-refractivity contribution in [2.75, 3.05) is 0 Å². The lowest BCUT2D eigenvalue weighted by Gasteiger charge is -1.97. The molecular formula is C18H14N2S2. The molecule has 4 heteroatoms. The van der Waals surface area contributed by atoms with Gasteiger partial charge in [0.05, 0.1) is 0 Å². The van der Waals surface area contributed by atoms with Crippen molar-refractivity contribution in [3.05, 3.63) is 71.8 Å². The van der Waals surface area contributed by atoms with Gasteiger partial charge in [-0.25, -0.2) is 8.80 Å². The average Bonchev–Trinajstić information content (AvgIpc) is 2.95. The van der Waals surface area contributed by atoms with Crippen LogP contribution in [0, 0.1) is 0 Å². The van der Waals surface area contributed by atoms with Gasteiger partial charge in [-0.1, -0.05) is 48.6 Å². The molecule has 0 fully saturated rings. The van der Waals surface area contributed by atoms with Gasteiger partial charge in [-0.2, -0.15) is 0 Å². The number of rotatable bonds is 0. The lowest BCUT2D eigenvalue weighted by molar-refractivity contribution is 1.43. The number of fused-ring (bicyclic) bond motifs is 2. The molecule has 108 valence electrons. The zero-order valence-corrected chi connectivity index (χ0v) is 13.4. The van der Waals surface area contributed by atoms with Gasteiger partial charge in [-0.3, -0.25) is 0 Å². The molecule has 22 heavy (non-hydrogen) atoms. The van der Waals surface area contributed by atoms with Gasteiger partial charge in [0.1, 0.15) is 0 Å². The Morgan fingerprint density at radius 3 is 1.55 bits per heavy atom. The summed E-state index contributed by atoms with van der Waals surface area (Å²) in [4.78, 5) is 2.44. The lowest BCUT2D eigenvalue weighted by atomic mass is 10.2. The molecular weight excluding hydrogens is 308 g/mol. The van der Waals surface area contributed by atoms with Gasteiger partial charge in [-0.15, -0.1) is 0 Å². The number of benzene rings is 2. The summed E-state index contributed by atoms with van der Waals surface area (Å²) in [6, 6.07) is 16.5. The minimum absolute atomic E-state index is 1.22. The van der Waals surface area contributed by atoms with Crippen LogP contribution in [0.4, 0.5) is 0 Å². The standard InChI is InChI=1S/2C9H7NS/c2*1-2-6-9-8(4-1)5-3-7-10-11-9/h2*1-7H. The maximum absolute atomic E-state index is 4.12. The van der Waals surface area contributed by atoms with Crippen LogP contribution in [0.3, 0.4) is 0 Å². The minimum atomic E-state index is 1.22. The monoisotopic (exact) mass is 322 g/mol. The Bertz CT molecular complexity index is 696. The Morgan fingerprint density at radius 1 is 0.591 bits per heavy atom. The quantitative estimate of drug-likeness (QED) is 0.591. The highest BCUT2D eigenvalue weighted by Gasteiger charge is 1.99. The van der Waals surface area contributed by atoms with Crippen molar-refractivity contribution in [1.82, 2.24) is 0 Å². The van der Waals surface area contributed by atoms with E-state index >= 15 is 0 Å². The van der Waals surface area contributed by atoms with Crippen molar-refractivity contribution < 1.29 is 0 Å². The third-order valence-electron chi connectivity index (χ3n) is 2.99. The predicted molar refractivity (Wildman–Crippen MR) is 99.7 cm³/mol. The number of hydrogen-bond acceptors (Lipinski definition) is 4. The average molecular weight is 322 g/mol. The summed E-state index contributed by atoms with van der Waals surface area (Å²) in [5.41, 5.74) is 2.49. The Hall–Kier alpha value is -2.04. The van der Waals surface area contributed by atoms with Crippen LogP contribution in [-0.2, 0) is 0 Å². The molecule has 2 heterocycles. The number of nitrogens with zero attached hydrogens (tertiary/aromatic N) is 2. The predicted octanol–water partition coefficient (Wildman–Crippen LogP) is 5.58. The molecule has 0 bridgehead atoms. The molecule has 0 amide bonds. The molecule has 2 aromatic carbocycles. The Kier molecular flexibility index (Phi) is 5.29. The van der Waals surface area contributed by atoms with Crippen LogP contribution in [0.15, 0.2) is 79.3 Å². The van der Waals surface area contributed by atoms with E-state index in [2.05, 4.69) is 45.2 Å². The third kappa shape index (κ3) is 4.00. The van der Waals surface area contributed by atoms with Crippen molar-refractivity contribution >= 4 is 48.5 Å². The van der Waals surface area contributed by atoms with Crippen LogP contribution in [0.5, 0.6) is 0 Å². The fraction of sp³-hybridized carbons (Fsp3) is 0. The molecule has 0 N–H and O–H groups in total. The molecule has 2 nitrogen and oxygen atoms in total. The second-order valence-electron chi connectivity index (χ2n) is 4.49. The summed E-state index contributed by atoms with van der Waals surface area (Å²) < 4.78 is 8.23. The molecule has 0 aromatic heterocycles. The molecule has 2 aliphatic heterocycles. The summed E-state index contributed by atoms with van der Waals surface area (Å²) in [7, 11) is 0. The molecule has 2 aromatic rings. The number of allylic oxidation sites excluding steroid dienone is 2. The summed E-state index contributed by atoms with van der Waals surface area (Å²) in [6.45, 7) is 0. The fourth-order valence-electron chi connectivity index (χ4n) is 1.94. The maximum atomic E-state index is 4.12. The first-order valence-electron chi connectivity index (χ1n) is 6.86. The first-order chi connectivity index (χ1) is 10.9. The van der Waals surface area contributed by atoms with Crippen LogP contribution in [0.2, 0.25) is 0 Å². The molecule has 0 unspecified atom stereocenters. The SMILES string of the molecule is C1=Cc2ccccc2SN=C1.C1=Cc2ccccc2SN=C1. The van der Waals surface area contributed by atoms with Crippen molar-refractivity contribution in [2.45, 2.75) is 9.79 Å². The van der Waals surface area contributed by atoms with Gasteiger partial charge in [0.15, 0.2) is 0 Å². The van der Waals surface area contributed by atoms with E-state index in [0.717, 1.165) is 0 Å². The first-order valence-corrected chi connectivity index (χ1v) is 8.40. The third-order valence-corrected chi connectivity index (χ3v) is 4.58. The zero-order valence-electron chi connectivity index (χ0n) is 11.8. The van der Waals surface area contributed by atoms with Gasteiger partial charge in [0, 0.05) is 46.1 Å². The fourth-order valence-corrected chi connectivity index (χ4v) is 3.19. The minimum Gasteiger partial charge on any atom is -0.219 e. The van der Waals surface area contributed by atoms with E-state index in [1.54, 1.807) is 0 Å². The highest BCUT2D eigenvalue weighted by molar-refractivity contribution is 7.98. The summed E-state index contributed by atoms with van der Waals surface area (Å²) >= 11 is 3.03. The molecule has 0 atom stereocenters. The second kappa shape index (κ2) is 7.82. The smallest absolute Gasteiger partial charge is 0.0377 e. The van der Waals surface area contributed by atoms with E-state index in [0.29, 0.717) is 0 Å². The first kappa shape index (κ1) is 14.9. The van der Waals surface area contributed by atoms with E-state index in [-0.39, 0.29) is 0 Å².